The molecule has 0 spiro atoms. The maximum Gasteiger partial charge on any atom is 0.305 e. The second kappa shape index (κ2) is 7.45. The zero-order valence-corrected chi connectivity index (χ0v) is 13.5. The van der Waals surface area contributed by atoms with Crippen LogP contribution in [0.2, 0.25) is 0 Å². The molecule has 1 atom stereocenters. The molecule has 1 aromatic carbocycles. The van der Waals surface area contributed by atoms with Gasteiger partial charge in [0.1, 0.15) is 0 Å². The highest BCUT2D eigenvalue weighted by molar-refractivity contribution is 8.14. The Labute approximate surface area is 134 Å². The Balaban J connectivity index is 1.97. The van der Waals surface area contributed by atoms with Crippen LogP contribution in [0, 0.1) is 0 Å². The number of carbonyl (C=O) groups excluding carboxylic acids is 3. The van der Waals surface area contributed by atoms with Crippen molar-refractivity contribution in [3.05, 3.63) is 29.8 Å². The summed E-state index contributed by atoms with van der Waals surface area (Å²) in [5, 5.41) is 0.0711. The van der Waals surface area contributed by atoms with E-state index in [-0.39, 0.29) is 22.2 Å². The van der Waals surface area contributed by atoms with Crippen LogP contribution in [-0.2, 0) is 25.5 Å². The first-order valence-corrected chi connectivity index (χ1v) is 8.01. The van der Waals surface area contributed by atoms with Crippen LogP contribution in [-0.4, -0.2) is 35.9 Å². The number of anilines is 1. The van der Waals surface area contributed by atoms with Crippen LogP contribution in [0.25, 0.3) is 0 Å². The lowest BCUT2D eigenvalue weighted by molar-refractivity contribution is -0.140. The van der Waals surface area contributed by atoms with Gasteiger partial charge in [0, 0.05) is 37.2 Å². The van der Waals surface area contributed by atoms with Gasteiger partial charge in [0.25, 0.3) is 0 Å². The molecule has 0 bridgehead atoms. The Kier molecular flexibility index (Phi) is 5.60. The molecule has 1 aromatic rings. The predicted molar refractivity (Wildman–Crippen MR) is 85.8 cm³/mol. The van der Waals surface area contributed by atoms with Gasteiger partial charge in [-0.05, 0) is 24.1 Å². The summed E-state index contributed by atoms with van der Waals surface area (Å²) < 4.78 is 4.61. The van der Waals surface area contributed by atoms with Gasteiger partial charge in [-0.2, -0.15) is 0 Å². The topological polar surface area (TPSA) is 63.7 Å². The molecule has 0 saturated carbocycles. The maximum absolute atomic E-state index is 12.0. The van der Waals surface area contributed by atoms with Crippen molar-refractivity contribution in [2.45, 2.75) is 31.4 Å². The number of aryl methyl sites for hydroxylation is 1. The van der Waals surface area contributed by atoms with Crippen molar-refractivity contribution in [2.75, 3.05) is 18.6 Å². The summed E-state index contributed by atoms with van der Waals surface area (Å²) >= 11 is 1.23. The minimum absolute atomic E-state index is 0.0315. The fraction of sp³-hybridized carbons (Fsp3) is 0.438. The maximum atomic E-state index is 12.0. The van der Waals surface area contributed by atoms with Gasteiger partial charge in [-0.3, -0.25) is 14.4 Å². The molecule has 1 heterocycles. The molecule has 6 heteroatoms. The third kappa shape index (κ3) is 4.34. The van der Waals surface area contributed by atoms with Crippen LogP contribution in [0.15, 0.2) is 24.3 Å². The predicted octanol–water partition coefficient (Wildman–Crippen LogP) is 2.18. The highest BCUT2D eigenvalue weighted by Gasteiger charge is 2.31. The Hall–Kier alpha value is -1.82. The number of amides is 1. The number of hydrogen-bond donors (Lipinski definition) is 0. The Morgan fingerprint density at radius 3 is 2.59 bits per heavy atom. The van der Waals surface area contributed by atoms with Crippen molar-refractivity contribution in [1.29, 1.82) is 0 Å². The summed E-state index contributed by atoms with van der Waals surface area (Å²) in [6, 6.07) is 7.59. The highest BCUT2D eigenvalue weighted by atomic mass is 32.2. The number of benzene rings is 1. The largest absolute Gasteiger partial charge is 0.469 e. The van der Waals surface area contributed by atoms with Crippen molar-refractivity contribution >= 4 is 34.4 Å². The van der Waals surface area contributed by atoms with Gasteiger partial charge in [-0.15, -0.1) is 0 Å². The molecule has 1 aliphatic heterocycles. The summed E-state index contributed by atoms with van der Waals surface area (Å²) in [5.41, 5.74) is 1.86. The van der Waals surface area contributed by atoms with Gasteiger partial charge >= 0.3 is 5.97 Å². The first-order chi connectivity index (χ1) is 10.5. The summed E-state index contributed by atoms with van der Waals surface area (Å²) in [6.07, 6.45) is 1.36. The van der Waals surface area contributed by atoms with E-state index >= 15 is 0 Å². The Bertz CT molecular complexity index is 570. The van der Waals surface area contributed by atoms with Crippen LogP contribution in [0.4, 0.5) is 5.69 Å². The average Bonchev–Trinajstić information content (AvgIpc) is 2.85. The van der Waals surface area contributed by atoms with Gasteiger partial charge in [0.05, 0.1) is 7.11 Å². The molecule has 1 fully saturated rings. The number of hydrogen-bond acceptors (Lipinski definition) is 5. The number of thioether (sulfide) groups is 1. The molecule has 5 nitrogen and oxygen atoms in total. The van der Waals surface area contributed by atoms with Gasteiger partial charge < -0.3 is 9.64 Å². The normalized spacial score (nSPS) is 17.6. The Morgan fingerprint density at radius 1 is 1.32 bits per heavy atom. The second-order valence-electron chi connectivity index (χ2n) is 5.18. The van der Waals surface area contributed by atoms with Crippen molar-refractivity contribution in [2.24, 2.45) is 0 Å². The van der Waals surface area contributed by atoms with Crippen molar-refractivity contribution in [3.8, 4) is 0 Å². The van der Waals surface area contributed by atoms with E-state index in [0.29, 0.717) is 25.8 Å². The highest BCUT2D eigenvalue weighted by Crippen LogP contribution is 2.28. The first kappa shape index (κ1) is 16.5. The van der Waals surface area contributed by atoms with Crippen LogP contribution >= 0.6 is 11.8 Å². The monoisotopic (exact) mass is 321 g/mol. The van der Waals surface area contributed by atoms with Crippen LogP contribution in [0.3, 0.4) is 0 Å². The fourth-order valence-corrected chi connectivity index (χ4v) is 3.35. The molecule has 1 saturated heterocycles. The second-order valence-corrected chi connectivity index (χ2v) is 6.66. The standard InChI is InChI=1S/C16H19NO4S/c1-11(18)22-14-9-15(19)17(10-14)13-6-3-12(4-7-13)5-8-16(20)21-2/h3-4,6-7,14H,5,8-10H2,1-2H3. The molecule has 1 amide bonds. The molecule has 1 aliphatic rings. The van der Waals surface area contributed by atoms with Crippen LogP contribution < -0.4 is 4.90 Å². The molecule has 22 heavy (non-hydrogen) atoms. The molecule has 0 N–H and O–H groups in total. The summed E-state index contributed by atoms with van der Waals surface area (Å²) in [6.45, 7) is 2.08. The van der Waals surface area contributed by atoms with Crippen LogP contribution in [0.1, 0.15) is 25.3 Å². The number of ether oxygens (including phenoxy) is 1. The lowest BCUT2D eigenvalue weighted by Gasteiger charge is -2.16. The lowest BCUT2D eigenvalue weighted by Crippen LogP contribution is -2.24. The summed E-state index contributed by atoms with van der Waals surface area (Å²) in [5.74, 6) is -0.191. The smallest absolute Gasteiger partial charge is 0.305 e. The van der Waals surface area contributed by atoms with Gasteiger partial charge in [0.2, 0.25) is 5.91 Å². The van der Waals surface area contributed by atoms with Crippen molar-refractivity contribution in [1.82, 2.24) is 0 Å². The third-order valence-electron chi connectivity index (χ3n) is 3.52. The number of rotatable bonds is 5. The zero-order chi connectivity index (χ0) is 16.1. The van der Waals surface area contributed by atoms with E-state index in [4.69, 9.17) is 0 Å². The van der Waals surface area contributed by atoms with Gasteiger partial charge in [-0.1, -0.05) is 23.9 Å². The number of carbonyl (C=O) groups is 3. The van der Waals surface area contributed by atoms with E-state index in [0.717, 1.165) is 11.3 Å². The van der Waals surface area contributed by atoms with Gasteiger partial charge in [0.15, 0.2) is 5.12 Å². The number of methoxy groups -OCH3 is 1. The van der Waals surface area contributed by atoms with Crippen LogP contribution in [0.5, 0.6) is 0 Å². The van der Waals surface area contributed by atoms with Crippen molar-refractivity contribution < 1.29 is 19.1 Å². The molecule has 2 rings (SSSR count). The fourth-order valence-electron chi connectivity index (χ4n) is 2.43. The van der Waals surface area contributed by atoms with Gasteiger partial charge in [-0.25, -0.2) is 0 Å². The molecule has 118 valence electrons. The van der Waals surface area contributed by atoms with E-state index in [1.54, 1.807) is 4.90 Å². The van der Waals surface area contributed by atoms with E-state index in [2.05, 4.69) is 4.74 Å². The van der Waals surface area contributed by atoms with E-state index in [1.807, 2.05) is 24.3 Å². The Morgan fingerprint density at radius 2 is 2.00 bits per heavy atom. The van der Waals surface area contributed by atoms with E-state index < -0.39 is 0 Å². The number of nitrogens with zero attached hydrogens (tertiary/aromatic N) is 1. The molecule has 1 unspecified atom stereocenters. The quantitative estimate of drug-likeness (QED) is 0.778. The molecular formula is C16H19NO4S. The lowest BCUT2D eigenvalue weighted by atomic mass is 10.1. The summed E-state index contributed by atoms with van der Waals surface area (Å²) in [4.78, 5) is 36.0. The molecule has 0 radical (unpaired) electrons. The van der Waals surface area contributed by atoms with E-state index in [9.17, 15) is 14.4 Å². The summed E-state index contributed by atoms with van der Waals surface area (Å²) in [7, 11) is 1.37. The SMILES string of the molecule is COC(=O)CCc1ccc(N2CC(SC(C)=O)CC2=O)cc1. The number of esters is 1. The minimum Gasteiger partial charge on any atom is -0.469 e. The minimum atomic E-state index is -0.233. The first-order valence-electron chi connectivity index (χ1n) is 7.13. The van der Waals surface area contributed by atoms with E-state index in [1.165, 1.54) is 25.8 Å². The average molecular weight is 321 g/mol. The molecule has 0 aromatic heterocycles. The molecular weight excluding hydrogens is 302 g/mol. The zero-order valence-electron chi connectivity index (χ0n) is 12.7. The van der Waals surface area contributed by atoms with Crippen molar-refractivity contribution in [3.63, 3.8) is 0 Å². The third-order valence-corrected chi connectivity index (χ3v) is 4.50. The molecule has 0 aliphatic carbocycles.